The number of carbonyl (C=O) groups excluding carboxylic acids is 1. The number of benzene rings is 1. The first-order valence-electron chi connectivity index (χ1n) is 6.60. The molecular weight excluding hydrogens is 266 g/mol. The third-order valence-electron chi connectivity index (χ3n) is 3.06. The normalized spacial score (nSPS) is 10.1. The largest absolute Gasteiger partial charge is 0.347 e. The molecule has 21 heavy (non-hydrogen) atoms. The average Bonchev–Trinajstić information content (AvgIpc) is 2.43. The molecule has 1 heterocycles. The number of nitrogens with zero attached hydrogens (tertiary/aromatic N) is 3. The first kappa shape index (κ1) is 14.8. The number of urea groups is 1. The van der Waals surface area contributed by atoms with E-state index in [4.69, 9.17) is 0 Å². The second-order valence-corrected chi connectivity index (χ2v) is 5.04. The number of aromatic nitrogens is 2. The van der Waals surface area contributed by atoms with E-state index in [0.29, 0.717) is 11.6 Å². The predicted octanol–water partition coefficient (Wildman–Crippen LogP) is 2.80. The number of nitrogens with one attached hydrogen (secondary N) is 2. The van der Waals surface area contributed by atoms with E-state index in [2.05, 4.69) is 20.6 Å². The van der Waals surface area contributed by atoms with Crippen molar-refractivity contribution in [1.82, 2.24) is 9.97 Å². The van der Waals surface area contributed by atoms with Crippen LogP contribution in [0.4, 0.5) is 22.1 Å². The summed E-state index contributed by atoms with van der Waals surface area (Å²) in [7, 11) is 3.71. The van der Waals surface area contributed by atoms with Crippen molar-refractivity contribution in [1.29, 1.82) is 0 Å². The Hall–Kier alpha value is -2.63. The monoisotopic (exact) mass is 285 g/mol. The Labute approximate surface area is 124 Å². The Balaban J connectivity index is 1.99. The van der Waals surface area contributed by atoms with Crippen LogP contribution in [0.25, 0.3) is 0 Å². The first-order chi connectivity index (χ1) is 9.95. The van der Waals surface area contributed by atoms with Gasteiger partial charge in [0.25, 0.3) is 0 Å². The number of carbonyl (C=O) groups is 1. The quantitative estimate of drug-likeness (QED) is 0.909. The summed E-state index contributed by atoms with van der Waals surface area (Å²) in [5.74, 6) is 0.593. The molecule has 2 aromatic rings. The molecule has 0 fully saturated rings. The molecule has 0 spiro atoms. The summed E-state index contributed by atoms with van der Waals surface area (Å²) < 4.78 is 0. The molecule has 0 unspecified atom stereocenters. The Morgan fingerprint density at radius 2 is 1.62 bits per heavy atom. The summed E-state index contributed by atoms with van der Waals surface area (Å²) in [6.07, 6.45) is 3.14. The summed E-state index contributed by atoms with van der Waals surface area (Å²) in [5, 5.41) is 5.48. The van der Waals surface area contributed by atoms with E-state index in [1.807, 2.05) is 46.1 Å². The summed E-state index contributed by atoms with van der Waals surface area (Å²) in [6.45, 7) is 4.04. The van der Waals surface area contributed by atoms with E-state index in [1.54, 1.807) is 17.3 Å². The van der Waals surface area contributed by atoms with Gasteiger partial charge in [-0.15, -0.1) is 0 Å². The summed E-state index contributed by atoms with van der Waals surface area (Å²) in [5.41, 5.74) is 3.61. The molecule has 6 nitrogen and oxygen atoms in total. The van der Waals surface area contributed by atoms with Gasteiger partial charge < -0.3 is 15.5 Å². The molecule has 0 aliphatic heterocycles. The van der Waals surface area contributed by atoms with Gasteiger partial charge in [-0.3, -0.25) is 0 Å². The van der Waals surface area contributed by atoms with E-state index in [1.165, 1.54) is 5.56 Å². The van der Waals surface area contributed by atoms with Gasteiger partial charge in [-0.2, -0.15) is 0 Å². The van der Waals surface area contributed by atoms with Crippen molar-refractivity contribution in [2.75, 3.05) is 29.6 Å². The van der Waals surface area contributed by atoms with Crippen LogP contribution in [0.5, 0.6) is 0 Å². The van der Waals surface area contributed by atoms with E-state index in [-0.39, 0.29) is 6.03 Å². The third kappa shape index (κ3) is 3.92. The van der Waals surface area contributed by atoms with Crippen LogP contribution in [0.3, 0.4) is 0 Å². The van der Waals surface area contributed by atoms with Gasteiger partial charge in [0.1, 0.15) is 0 Å². The average molecular weight is 285 g/mol. The third-order valence-corrected chi connectivity index (χ3v) is 3.06. The number of anilines is 3. The molecule has 110 valence electrons. The van der Waals surface area contributed by atoms with Gasteiger partial charge in [-0.25, -0.2) is 14.8 Å². The maximum Gasteiger partial charge on any atom is 0.323 e. The van der Waals surface area contributed by atoms with Crippen LogP contribution in [-0.2, 0) is 0 Å². The minimum atomic E-state index is -0.320. The van der Waals surface area contributed by atoms with Crippen molar-refractivity contribution in [2.24, 2.45) is 0 Å². The molecule has 1 aromatic heterocycles. The molecule has 0 atom stereocenters. The van der Waals surface area contributed by atoms with Gasteiger partial charge in [0.05, 0.1) is 18.1 Å². The Morgan fingerprint density at radius 3 is 2.19 bits per heavy atom. The van der Waals surface area contributed by atoms with E-state index in [0.717, 1.165) is 11.3 Å². The molecule has 0 aliphatic carbocycles. The fourth-order valence-electron chi connectivity index (χ4n) is 1.73. The molecule has 2 N–H and O–H groups in total. The van der Waals surface area contributed by atoms with Gasteiger partial charge in [0.15, 0.2) is 0 Å². The van der Waals surface area contributed by atoms with Gasteiger partial charge in [-0.1, -0.05) is 6.07 Å². The Kier molecular flexibility index (Phi) is 4.37. The van der Waals surface area contributed by atoms with Crippen molar-refractivity contribution in [3.05, 3.63) is 41.7 Å². The van der Waals surface area contributed by atoms with Crippen molar-refractivity contribution in [2.45, 2.75) is 13.8 Å². The zero-order valence-corrected chi connectivity index (χ0v) is 12.6. The maximum atomic E-state index is 11.9. The lowest BCUT2D eigenvalue weighted by atomic mass is 10.1. The molecule has 2 amide bonds. The molecule has 0 radical (unpaired) electrons. The van der Waals surface area contributed by atoms with E-state index < -0.39 is 0 Å². The first-order valence-corrected chi connectivity index (χ1v) is 6.60. The number of aryl methyl sites for hydroxylation is 2. The van der Waals surface area contributed by atoms with Gasteiger partial charge in [-0.05, 0) is 37.1 Å². The lowest BCUT2D eigenvalue weighted by molar-refractivity contribution is 0.262. The van der Waals surface area contributed by atoms with Gasteiger partial charge in [0.2, 0.25) is 5.95 Å². The second-order valence-electron chi connectivity index (χ2n) is 5.04. The maximum absolute atomic E-state index is 11.9. The molecule has 0 aliphatic rings. The van der Waals surface area contributed by atoms with Crippen LogP contribution in [0, 0.1) is 13.8 Å². The van der Waals surface area contributed by atoms with Gasteiger partial charge in [0, 0.05) is 19.8 Å². The van der Waals surface area contributed by atoms with Crippen LogP contribution < -0.4 is 15.5 Å². The van der Waals surface area contributed by atoms with Crippen LogP contribution in [0.2, 0.25) is 0 Å². The number of hydrogen-bond donors (Lipinski definition) is 2. The lowest BCUT2D eigenvalue weighted by Gasteiger charge is -2.11. The van der Waals surface area contributed by atoms with Crippen LogP contribution >= 0.6 is 0 Å². The second kappa shape index (κ2) is 6.21. The minimum absolute atomic E-state index is 0.320. The number of amides is 2. The smallest absolute Gasteiger partial charge is 0.323 e. The van der Waals surface area contributed by atoms with Crippen molar-refractivity contribution in [3.8, 4) is 0 Å². The van der Waals surface area contributed by atoms with Crippen LogP contribution in [-0.4, -0.2) is 30.1 Å². The molecule has 2 rings (SSSR count). The molecule has 0 bridgehead atoms. The molecule has 0 saturated carbocycles. The molecule has 0 saturated heterocycles. The highest BCUT2D eigenvalue weighted by Crippen LogP contribution is 2.15. The van der Waals surface area contributed by atoms with E-state index in [9.17, 15) is 4.79 Å². The molecule has 6 heteroatoms. The zero-order chi connectivity index (χ0) is 15.4. The highest BCUT2D eigenvalue weighted by atomic mass is 16.2. The molecular formula is C15H19N5O. The number of hydrogen-bond acceptors (Lipinski definition) is 4. The SMILES string of the molecule is Cc1ccc(NC(=O)Nc2cnc(N(C)C)nc2)cc1C. The Morgan fingerprint density at radius 1 is 1.00 bits per heavy atom. The predicted molar refractivity (Wildman–Crippen MR) is 84.9 cm³/mol. The standard InChI is InChI=1S/C15H19N5O/c1-10-5-6-12(7-11(10)2)18-15(21)19-13-8-16-14(17-9-13)20(3)4/h5-9H,1-4H3,(H2,18,19,21). The van der Waals surface area contributed by atoms with Gasteiger partial charge >= 0.3 is 6.03 Å². The van der Waals surface area contributed by atoms with E-state index >= 15 is 0 Å². The van der Waals surface area contributed by atoms with Crippen molar-refractivity contribution < 1.29 is 4.79 Å². The molecule has 1 aromatic carbocycles. The van der Waals surface area contributed by atoms with Crippen LogP contribution in [0.1, 0.15) is 11.1 Å². The fourth-order valence-corrected chi connectivity index (χ4v) is 1.73. The summed E-state index contributed by atoms with van der Waals surface area (Å²) >= 11 is 0. The highest BCUT2D eigenvalue weighted by molar-refractivity contribution is 5.99. The zero-order valence-electron chi connectivity index (χ0n) is 12.6. The topological polar surface area (TPSA) is 70.2 Å². The minimum Gasteiger partial charge on any atom is -0.347 e. The van der Waals surface area contributed by atoms with Crippen molar-refractivity contribution >= 4 is 23.4 Å². The lowest BCUT2D eigenvalue weighted by Crippen LogP contribution is -2.20. The fraction of sp³-hybridized carbons (Fsp3) is 0.267. The highest BCUT2D eigenvalue weighted by Gasteiger charge is 2.05. The van der Waals surface area contributed by atoms with Crippen molar-refractivity contribution in [3.63, 3.8) is 0 Å². The Bertz CT molecular complexity index is 637. The number of rotatable bonds is 3. The summed E-state index contributed by atoms with van der Waals surface area (Å²) in [6, 6.07) is 5.45. The summed E-state index contributed by atoms with van der Waals surface area (Å²) in [4.78, 5) is 22.0. The van der Waals surface area contributed by atoms with Crippen LogP contribution in [0.15, 0.2) is 30.6 Å².